The Balaban J connectivity index is 1.79. The normalized spacial score (nSPS) is 10.6. The number of hydrogen-bond acceptors (Lipinski definition) is 4. The molecular weight excluding hydrogens is 268 g/mol. The van der Waals surface area contributed by atoms with E-state index in [-0.39, 0.29) is 0 Å². The summed E-state index contributed by atoms with van der Waals surface area (Å²) in [5, 5.41) is 6.99. The molecule has 0 unspecified atom stereocenters. The summed E-state index contributed by atoms with van der Waals surface area (Å²) in [7, 11) is 1.92. The Bertz CT molecular complexity index is 484. The molecule has 0 radical (unpaired) electrons. The molecule has 0 atom stereocenters. The highest BCUT2D eigenvalue weighted by Crippen LogP contribution is 2.16. The highest BCUT2D eigenvalue weighted by Gasteiger charge is 2.02. The molecule has 3 nitrogen and oxygen atoms in total. The van der Waals surface area contributed by atoms with Crippen molar-refractivity contribution < 1.29 is 4.74 Å². The highest BCUT2D eigenvalue weighted by molar-refractivity contribution is 7.09. The monoisotopic (exact) mass is 282 g/mol. The standard InChI is InChI=1S/C13H15ClN2OS/c1-15-8-11-9-18-13(16-11)6-7-17-12-4-2-10(14)3-5-12/h2-5,9,15H,6-8H2,1H3. The Kier molecular flexibility index (Phi) is 4.99. The smallest absolute Gasteiger partial charge is 0.119 e. The Morgan fingerprint density at radius 3 is 2.83 bits per heavy atom. The van der Waals surface area contributed by atoms with Crippen LogP contribution < -0.4 is 10.1 Å². The van der Waals surface area contributed by atoms with Crippen LogP contribution in [0.4, 0.5) is 0 Å². The van der Waals surface area contributed by atoms with Crippen molar-refractivity contribution in [1.29, 1.82) is 0 Å². The maximum absolute atomic E-state index is 5.80. The van der Waals surface area contributed by atoms with Crippen molar-refractivity contribution in [3.8, 4) is 5.75 Å². The van der Waals surface area contributed by atoms with Gasteiger partial charge in [0.25, 0.3) is 0 Å². The van der Waals surface area contributed by atoms with Crippen LogP contribution in [0, 0.1) is 0 Å². The van der Waals surface area contributed by atoms with Gasteiger partial charge in [0, 0.05) is 23.4 Å². The molecule has 0 amide bonds. The van der Waals surface area contributed by atoms with Gasteiger partial charge in [-0.2, -0.15) is 0 Å². The van der Waals surface area contributed by atoms with Crippen LogP contribution in [-0.2, 0) is 13.0 Å². The van der Waals surface area contributed by atoms with Crippen molar-refractivity contribution in [3.63, 3.8) is 0 Å². The first kappa shape index (κ1) is 13.3. The van der Waals surface area contributed by atoms with E-state index in [0.717, 1.165) is 34.4 Å². The van der Waals surface area contributed by atoms with Crippen LogP contribution in [0.1, 0.15) is 10.7 Å². The van der Waals surface area contributed by atoms with E-state index in [1.54, 1.807) is 11.3 Å². The number of nitrogens with zero attached hydrogens (tertiary/aromatic N) is 1. The van der Waals surface area contributed by atoms with Crippen molar-refractivity contribution in [3.05, 3.63) is 45.4 Å². The minimum Gasteiger partial charge on any atom is -0.493 e. The summed E-state index contributed by atoms with van der Waals surface area (Å²) < 4.78 is 5.63. The fourth-order valence-corrected chi connectivity index (χ4v) is 2.42. The molecule has 5 heteroatoms. The predicted octanol–water partition coefficient (Wildman–Crippen LogP) is 3.14. The Morgan fingerprint density at radius 1 is 1.33 bits per heavy atom. The third kappa shape index (κ3) is 3.98. The van der Waals surface area contributed by atoms with Crippen molar-refractivity contribution in [1.82, 2.24) is 10.3 Å². The van der Waals surface area contributed by atoms with Gasteiger partial charge in [-0.15, -0.1) is 11.3 Å². The maximum Gasteiger partial charge on any atom is 0.119 e. The van der Waals surface area contributed by atoms with Crippen LogP contribution >= 0.6 is 22.9 Å². The Labute approximate surface area is 116 Å². The molecule has 1 aromatic heterocycles. The number of ether oxygens (including phenoxy) is 1. The predicted molar refractivity (Wildman–Crippen MR) is 75.5 cm³/mol. The minimum atomic E-state index is 0.633. The van der Waals surface area contributed by atoms with Gasteiger partial charge in [0.2, 0.25) is 0 Å². The summed E-state index contributed by atoms with van der Waals surface area (Å²) in [6.45, 7) is 1.45. The van der Waals surface area contributed by atoms with Crippen LogP contribution in [0.25, 0.3) is 0 Å². The third-order valence-electron chi connectivity index (χ3n) is 2.36. The fourth-order valence-electron chi connectivity index (χ4n) is 1.51. The van der Waals surface area contributed by atoms with Crippen LogP contribution in [-0.4, -0.2) is 18.6 Å². The largest absolute Gasteiger partial charge is 0.493 e. The number of hydrogen-bond donors (Lipinski definition) is 1. The number of halogens is 1. The summed E-state index contributed by atoms with van der Waals surface area (Å²) in [6, 6.07) is 7.39. The summed E-state index contributed by atoms with van der Waals surface area (Å²) in [6.07, 6.45) is 0.830. The molecule has 0 saturated carbocycles. The molecule has 0 aliphatic rings. The van der Waals surface area contributed by atoms with E-state index in [1.807, 2.05) is 31.3 Å². The third-order valence-corrected chi connectivity index (χ3v) is 3.56. The zero-order valence-electron chi connectivity index (χ0n) is 10.1. The quantitative estimate of drug-likeness (QED) is 0.884. The molecular formula is C13H15ClN2OS. The maximum atomic E-state index is 5.80. The second-order valence-corrected chi connectivity index (χ2v) is 5.19. The first-order valence-electron chi connectivity index (χ1n) is 5.74. The molecule has 1 N–H and O–H groups in total. The van der Waals surface area contributed by atoms with Crippen LogP contribution in [0.5, 0.6) is 5.75 Å². The second kappa shape index (κ2) is 6.73. The van der Waals surface area contributed by atoms with Crippen molar-refractivity contribution >= 4 is 22.9 Å². The molecule has 1 heterocycles. The first-order valence-corrected chi connectivity index (χ1v) is 7.00. The van der Waals surface area contributed by atoms with Gasteiger partial charge in [-0.3, -0.25) is 0 Å². The lowest BCUT2D eigenvalue weighted by atomic mass is 10.3. The van der Waals surface area contributed by atoms with Gasteiger partial charge in [0.1, 0.15) is 5.75 Å². The SMILES string of the molecule is CNCc1csc(CCOc2ccc(Cl)cc2)n1. The highest BCUT2D eigenvalue weighted by atomic mass is 35.5. The van der Waals surface area contributed by atoms with Gasteiger partial charge in [-0.1, -0.05) is 11.6 Å². The zero-order valence-corrected chi connectivity index (χ0v) is 11.7. The van der Waals surface area contributed by atoms with Crippen molar-refractivity contribution in [2.24, 2.45) is 0 Å². The topological polar surface area (TPSA) is 34.1 Å². The summed E-state index contributed by atoms with van der Waals surface area (Å²) in [5.74, 6) is 0.839. The lowest BCUT2D eigenvalue weighted by Crippen LogP contribution is -2.06. The number of aromatic nitrogens is 1. The van der Waals surface area contributed by atoms with E-state index in [4.69, 9.17) is 16.3 Å². The number of nitrogens with one attached hydrogen (secondary N) is 1. The summed E-state index contributed by atoms with van der Waals surface area (Å²) in [4.78, 5) is 4.50. The van der Waals surface area contributed by atoms with Crippen LogP contribution in [0.3, 0.4) is 0 Å². The second-order valence-electron chi connectivity index (χ2n) is 3.82. The lowest BCUT2D eigenvalue weighted by molar-refractivity contribution is 0.321. The average Bonchev–Trinajstić information content (AvgIpc) is 2.80. The van der Waals surface area contributed by atoms with E-state index in [2.05, 4.69) is 15.7 Å². The minimum absolute atomic E-state index is 0.633. The average molecular weight is 283 g/mol. The van der Waals surface area contributed by atoms with Crippen LogP contribution in [0.15, 0.2) is 29.6 Å². The summed E-state index contributed by atoms with van der Waals surface area (Å²) >= 11 is 7.48. The molecule has 2 aromatic rings. The summed E-state index contributed by atoms with van der Waals surface area (Å²) in [5.41, 5.74) is 1.09. The van der Waals surface area contributed by atoms with Gasteiger partial charge in [-0.05, 0) is 31.3 Å². The van der Waals surface area contributed by atoms with Gasteiger partial charge in [0.15, 0.2) is 0 Å². The van der Waals surface area contributed by atoms with E-state index in [1.165, 1.54) is 0 Å². The van der Waals surface area contributed by atoms with Gasteiger partial charge in [-0.25, -0.2) is 4.98 Å². The molecule has 18 heavy (non-hydrogen) atoms. The van der Waals surface area contributed by atoms with E-state index in [0.29, 0.717) is 6.61 Å². The molecule has 0 bridgehead atoms. The molecule has 2 rings (SSSR count). The first-order chi connectivity index (χ1) is 8.78. The van der Waals surface area contributed by atoms with Crippen molar-refractivity contribution in [2.75, 3.05) is 13.7 Å². The molecule has 0 aliphatic heterocycles. The van der Waals surface area contributed by atoms with Gasteiger partial charge in [0.05, 0.1) is 17.3 Å². The number of rotatable bonds is 6. The van der Waals surface area contributed by atoms with E-state index >= 15 is 0 Å². The fraction of sp³-hybridized carbons (Fsp3) is 0.308. The number of benzene rings is 1. The number of thiazole rings is 1. The van der Waals surface area contributed by atoms with Gasteiger partial charge < -0.3 is 10.1 Å². The van der Waals surface area contributed by atoms with E-state index in [9.17, 15) is 0 Å². The molecule has 0 fully saturated rings. The van der Waals surface area contributed by atoms with Crippen LogP contribution in [0.2, 0.25) is 5.02 Å². The molecule has 96 valence electrons. The Morgan fingerprint density at radius 2 is 2.11 bits per heavy atom. The van der Waals surface area contributed by atoms with E-state index < -0.39 is 0 Å². The lowest BCUT2D eigenvalue weighted by Gasteiger charge is -2.04. The molecule has 1 aromatic carbocycles. The molecule has 0 aliphatic carbocycles. The molecule has 0 spiro atoms. The molecule has 0 saturated heterocycles. The van der Waals surface area contributed by atoms with Crippen molar-refractivity contribution in [2.45, 2.75) is 13.0 Å². The van der Waals surface area contributed by atoms with Gasteiger partial charge >= 0.3 is 0 Å². The zero-order chi connectivity index (χ0) is 12.8. The Hall–Kier alpha value is -1.10.